The molecule has 62 valence electrons. The first-order valence-electron chi connectivity index (χ1n) is 4.28. The molecule has 0 radical (unpaired) electrons. The lowest BCUT2D eigenvalue weighted by Gasteiger charge is -2.22. The van der Waals surface area contributed by atoms with Crippen molar-refractivity contribution in [3.05, 3.63) is 24.3 Å². The maximum absolute atomic E-state index is 10.5. The summed E-state index contributed by atoms with van der Waals surface area (Å²) in [6, 6.07) is -0.0904. The van der Waals surface area contributed by atoms with Gasteiger partial charge >= 0.3 is 0 Å². The third-order valence-electron chi connectivity index (χ3n) is 2.35. The zero-order valence-corrected chi connectivity index (χ0v) is 6.81. The Balaban J connectivity index is 2.24. The molecule has 0 N–H and O–H groups in total. The smallest absolute Gasteiger partial charge is 0.144 e. The average Bonchev–Trinajstić information content (AvgIpc) is 2.17. The van der Waals surface area contributed by atoms with E-state index in [1.807, 2.05) is 18.2 Å². The molecule has 2 atom stereocenters. The highest BCUT2D eigenvalue weighted by Gasteiger charge is 2.21. The molecule has 0 saturated heterocycles. The van der Waals surface area contributed by atoms with E-state index in [0.717, 1.165) is 24.8 Å². The van der Waals surface area contributed by atoms with Gasteiger partial charge in [0.15, 0.2) is 0 Å². The quantitative estimate of drug-likeness (QED) is 0.536. The second-order valence-corrected chi connectivity index (χ2v) is 3.19. The monoisotopic (exact) mass is 161 g/mol. The van der Waals surface area contributed by atoms with Gasteiger partial charge in [-0.1, -0.05) is 18.2 Å². The summed E-state index contributed by atoms with van der Waals surface area (Å²) in [4.78, 5) is 14.8. The lowest BCUT2D eigenvalue weighted by atomic mass is 9.89. The number of rotatable bonds is 1. The summed E-state index contributed by atoms with van der Waals surface area (Å²) in [5.41, 5.74) is 1.07. The minimum atomic E-state index is -0.0904. The maximum atomic E-state index is 10.5. The molecule has 0 amide bonds. The molecule has 1 heterocycles. The number of nitrogens with zero attached hydrogens (tertiary/aromatic N) is 1. The number of fused-ring (bicyclic) bond motifs is 1. The molecule has 0 aromatic heterocycles. The van der Waals surface area contributed by atoms with Crippen LogP contribution in [0.1, 0.15) is 12.8 Å². The molecule has 2 unspecified atom stereocenters. The van der Waals surface area contributed by atoms with E-state index in [9.17, 15) is 4.79 Å². The summed E-state index contributed by atoms with van der Waals surface area (Å²) in [5.74, 6) is 0.464. The summed E-state index contributed by atoms with van der Waals surface area (Å²) < 4.78 is 0. The molecule has 2 rings (SSSR count). The molecular weight excluding hydrogens is 150 g/mol. The number of hydrogen-bond acceptors (Lipinski definition) is 2. The Kier molecular flexibility index (Phi) is 1.90. The van der Waals surface area contributed by atoms with Crippen LogP contribution in [-0.2, 0) is 4.79 Å². The van der Waals surface area contributed by atoms with E-state index >= 15 is 0 Å². The molecular formula is C10H11NO. The second kappa shape index (κ2) is 3.05. The Labute approximate surface area is 71.7 Å². The summed E-state index contributed by atoms with van der Waals surface area (Å²) >= 11 is 0. The van der Waals surface area contributed by atoms with Crippen molar-refractivity contribution in [3.63, 3.8) is 0 Å². The van der Waals surface area contributed by atoms with Crippen LogP contribution < -0.4 is 0 Å². The number of carbonyl (C=O) groups is 1. The van der Waals surface area contributed by atoms with Crippen LogP contribution in [-0.4, -0.2) is 18.0 Å². The van der Waals surface area contributed by atoms with E-state index in [4.69, 9.17) is 0 Å². The van der Waals surface area contributed by atoms with Crippen molar-refractivity contribution in [1.82, 2.24) is 0 Å². The molecule has 2 aliphatic rings. The van der Waals surface area contributed by atoms with Crippen molar-refractivity contribution in [1.29, 1.82) is 0 Å². The average molecular weight is 161 g/mol. The molecule has 1 aliphatic heterocycles. The first-order chi connectivity index (χ1) is 5.90. The number of allylic oxidation sites excluding steroid dienone is 4. The molecule has 12 heavy (non-hydrogen) atoms. The summed E-state index contributed by atoms with van der Waals surface area (Å²) in [5, 5.41) is 0. The van der Waals surface area contributed by atoms with E-state index in [0.29, 0.717) is 5.92 Å². The molecule has 0 aromatic rings. The van der Waals surface area contributed by atoms with Gasteiger partial charge in [-0.3, -0.25) is 4.99 Å². The Bertz CT molecular complexity index is 276. The van der Waals surface area contributed by atoms with Gasteiger partial charge in [-0.25, -0.2) is 0 Å². The van der Waals surface area contributed by atoms with E-state index in [-0.39, 0.29) is 6.04 Å². The summed E-state index contributed by atoms with van der Waals surface area (Å²) in [6.45, 7) is 0. The van der Waals surface area contributed by atoms with Crippen LogP contribution in [0.5, 0.6) is 0 Å². The number of carbonyl (C=O) groups excluding carboxylic acids is 1. The Morgan fingerprint density at radius 3 is 3.17 bits per heavy atom. The van der Waals surface area contributed by atoms with Crippen LogP contribution in [0.25, 0.3) is 0 Å². The summed E-state index contributed by atoms with van der Waals surface area (Å²) in [6.07, 6.45) is 11.1. The fourth-order valence-corrected chi connectivity index (χ4v) is 1.66. The summed E-state index contributed by atoms with van der Waals surface area (Å²) in [7, 11) is 0. The normalized spacial score (nSPS) is 32.5. The highest BCUT2D eigenvalue weighted by molar-refractivity contribution is 6.00. The largest absolute Gasteiger partial charge is 0.301 e. The van der Waals surface area contributed by atoms with Crippen molar-refractivity contribution in [2.24, 2.45) is 10.9 Å². The SMILES string of the molecule is O=CC1CCC2C=CC=CC2=N1. The van der Waals surface area contributed by atoms with Crippen LogP contribution in [0.4, 0.5) is 0 Å². The molecule has 0 bridgehead atoms. The lowest BCUT2D eigenvalue weighted by molar-refractivity contribution is -0.109. The minimum Gasteiger partial charge on any atom is -0.301 e. The predicted octanol–water partition coefficient (Wildman–Crippen LogP) is 1.53. The van der Waals surface area contributed by atoms with Gasteiger partial charge in [0.05, 0.1) is 0 Å². The first kappa shape index (κ1) is 7.47. The van der Waals surface area contributed by atoms with Gasteiger partial charge in [-0.2, -0.15) is 0 Å². The Morgan fingerprint density at radius 2 is 2.33 bits per heavy atom. The van der Waals surface area contributed by atoms with Crippen LogP contribution in [0.15, 0.2) is 29.3 Å². The molecule has 1 aliphatic carbocycles. The topological polar surface area (TPSA) is 29.4 Å². The maximum Gasteiger partial charge on any atom is 0.144 e. The van der Waals surface area contributed by atoms with Gasteiger partial charge in [0, 0.05) is 11.6 Å². The van der Waals surface area contributed by atoms with Gasteiger partial charge in [-0.15, -0.1) is 0 Å². The van der Waals surface area contributed by atoms with Crippen LogP contribution in [0, 0.1) is 5.92 Å². The van der Waals surface area contributed by atoms with Gasteiger partial charge < -0.3 is 4.79 Å². The predicted molar refractivity (Wildman–Crippen MR) is 48.3 cm³/mol. The highest BCUT2D eigenvalue weighted by Crippen LogP contribution is 2.22. The van der Waals surface area contributed by atoms with Crippen molar-refractivity contribution >= 4 is 12.0 Å². The van der Waals surface area contributed by atoms with E-state index in [1.165, 1.54) is 0 Å². The minimum absolute atomic E-state index is 0.0904. The fraction of sp³-hybridized carbons (Fsp3) is 0.400. The third-order valence-corrected chi connectivity index (χ3v) is 2.35. The Morgan fingerprint density at radius 1 is 1.42 bits per heavy atom. The highest BCUT2D eigenvalue weighted by atomic mass is 16.1. The molecule has 0 fully saturated rings. The van der Waals surface area contributed by atoms with Crippen molar-refractivity contribution < 1.29 is 4.79 Å². The van der Waals surface area contributed by atoms with Gasteiger partial charge in [0.2, 0.25) is 0 Å². The molecule has 2 heteroatoms. The van der Waals surface area contributed by atoms with E-state index in [2.05, 4.69) is 11.1 Å². The van der Waals surface area contributed by atoms with Crippen molar-refractivity contribution in [2.45, 2.75) is 18.9 Å². The molecule has 0 aromatic carbocycles. The molecule has 0 spiro atoms. The van der Waals surface area contributed by atoms with Crippen LogP contribution in [0.3, 0.4) is 0 Å². The second-order valence-electron chi connectivity index (χ2n) is 3.19. The first-order valence-corrected chi connectivity index (χ1v) is 4.28. The van der Waals surface area contributed by atoms with Crippen molar-refractivity contribution in [3.8, 4) is 0 Å². The lowest BCUT2D eigenvalue weighted by Crippen LogP contribution is -2.23. The standard InChI is InChI=1S/C10H11NO/c12-7-9-6-5-8-3-1-2-4-10(8)11-9/h1-4,7-9H,5-6H2. The van der Waals surface area contributed by atoms with Gasteiger partial charge in [0.25, 0.3) is 0 Å². The van der Waals surface area contributed by atoms with E-state index < -0.39 is 0 Å². The zero-order valence-electron chi connectivity index (χ0n) is 6.81. The number of aldehydes is 1. The van der Waals surface area contributed by atoms with Gasteiger partial charge in [-0.05, 0) is 18.9 Å². The van der Waals surface area contributed by atoms with Crippen LogP contribution in [0.2, 0.25) is 0 Å². The Hall–Kier alpha value is -1.18. The number of aliphatic imine (C=N–C) groups is 1. The fourth-order valence-electron chi connectivity index (χ4n) is 1.66. The number of hydrogen-bond donors (Lipinski definition) is 0. The van der Waals surface area contributed by atoms with Crippen molar-refractivity contribution in [2.75, 3.05) is 0 Å². The van der Waals surface area contributed by atoms with E-state index in [1.54, 1.807) is 0 Å². The zero-order chi connectivity index (χ0) is 8.39. The third kappa shape index (κ3) is 1.24. The molecule has 2 nitrogen and oxygen atoms in total. The van der Waals surface area contributed by atoms with Crippen LogP contribution >= 0.6 is 0 Å². The molecule has 0 saturated carbocycles. The van der Waals surface area contributed by atoms with Gasteiger partial charge in [0.1, 0.15) is 12.3 Å².